The third-order valence-corrected chi connectivity index (χ3v) is 4.33. The van der Waals surface area contributed by atoms with E-state index in [1.54, 1.807) is 6.08 Å². The van der Waals surface area contributed by atoms with Crippen LogP contribution >= 0.6 is 0 Å². The molecule has 0 unspecified atom stereocenters. The average molecular weight is 266 g/mol. The van der Waals surface area contributed by atoms with E-state index in [4.69, 9.17) is 4.74 Å². The maximum absolute atomic E-state index is 11.3. The summed E-state index contributed by atoms with van der Waals surface area (Å²) in [6.07, 6.45) is 10.1. The van der Waals surface area contributed by atoms with Crippen LogP contribution in [0, 0.1) is 0 Å². The molecular weight excluding hydrogens is 240 g/mol. The predicted octanol–water partition coefficient (Wildman–Crippen LogP) is 1.71. The largest absolute Gasteiger partial charge is 0.463 e. The lowest BCUT2D eigenvalue weighted by atomic mass is 9.79. The molecule has 1 N–H and O–H groups in total. The molecule has 19 heavy (non-hydrogen) atoms. The van der Waals surface area contributed by atoms with Crippen LogP contribution in [0.15, 0.2) is 12.2 Å². The summed E-state index contributed by atoms with van der Waals surface area (Å²) in [5, 5.41) is 3.54. The molecule has 0 aromatic carbocycles. The second-order valence-corrected chi connectivity index (χ2v) is 5.56. The summed E-state index contributed by atoms with van der Waals surface area (Å²) in [6, 6.07) is 0. The van der Waals surface area contributed by atoms with Crippen LogP contribution in [0.5, 0.6) is 0 Å². The summed E-state index contributed by atoms with van der Waals surface area (Å²) >= 11 is 0. The predicted molar refractivity (Wildman–Crippen MR) is 76.0 cm³/mol. The summed E-state index contributed by atoms with van der Waals surface area (Å²) in [6.45, 7) is 6.36. The molecule has 1 spiro atoms. The van der Waals surface area contributed by atoms with Crippen molar-refractivity contribution >= 4 is 5.97 Å². The number of nitrogens with one attached hydrogen (secondary N) is 1. The van der Waals surface area contributed by atoms with Gasteiger partial charge in [-0.2, -0.15) is 0 Å². The SMILES string of the molecule is CCOC(=O)/C=C/CN1CCNCC12CCCCC2. The number of nitrogens with zero attached hydrogens (tertiary/aromatic N) is 1. The van der Waals surface area contributed by atoms with E-state index in [0.29, 0.717) is 12.1 Å². The minimum atomic E-state index is -0.227. The van der Waals surface area contributed by atoms with Gasteiger partial charge in [0.05, 0.1) is 6.61 Å². The summed E-state index contributed by atoms with van der Waals surface area (Å²) in [4.78, 5) is 13.9. The molecule has 0 amide bonds. The minimum absolute atomic E-state index is 0.227. The summed E-state index contributed by atoms with van der Waals surface area (Å²) < 4.78 is 4.91. The van der Waals surface area contributed by atoms with E-state index in [0.717, 1.165) is 26.2 Å². The topological polar surface area (TPSA) is 41.6 Å². The van der Waals surface area contributed by atoms with Crippen LogP contribution in [0.3, 0.4) is 0 Å². The molecule has 1 aliphatic heterocycles. The quantitative estimate of drug-likeness (QED) is 0.621. The number of rotatable bonds is 4. The smallest absolute Gasteiger partial charge is 0.330 e. The van der Waals surface area contributed by atoms with Gasteiger partial charge in [0.15, 0.2) is 0 Å². The molecule has 2 fully saturated rings. The van der Waals surface area contributed by atoms with Gasteiger partial charge in [-0.25, -0.2) is 4.79 Å². The molecule has 0 radical (unpaired) electrons. The highest BCUT2D eigenvalue weighted by Crippen LogP contribution is 2.34. The Morgan fingerprint density at radius 2 is 2.16 bits per heavy atom. The van der Waals surface area contributed by atoms with E-state index in [-0.39, 0.29) is 5.97 Å². The van der Waals surface area contributed by atoms with Crippen LogP contribution in [0.25, 0.3) is 0 Å². The van der Waals surface area contributed by atoms with E-state index < -0.39 is 0 Å². The third kappa shape index (κ3) is 3.80. The summed E-state index contributed by atoms with van der Waals surface area (Å²) in [5.41, 5.74) is 0.329. The number of hydrogen-bond donors (Lipinski definition) is 1. The molecule has 4 nitrogen and oxygen atoms in total. The number of ether oxygens (including phenoxy) is 1. The molecule has 0 bridgehead atoms. The van der Waals surface area contributed by atoms with Crippen LogP contribution in [0.2, 0.25) is 0 Å². The normalized spacial score (nSPS) is 23.8. The summed E-state index contributed by atoms with van der Waals surface area (Å²) in [5.74, 6) is -0.227. The maximum atomic E-state index is 11.3. The summed E-state index contributed by atoms with van der Waals surface area (Å²) in [7, 11) is 0. The van der Waals surface area contributed by atoms with Crippen LogP contribution < -0.4 is 5.32 Å². The molecule has 0 aromatic rings. The minimum Gasteiger partial charge on any atom is -0.463 e. The van der Waals surface area contributed by atoms with Crippen molar-refractivity contribution in [2.75, 3.05) is 32.8 Å². The van der Waals surface area contributed by atoms with Crippen molar-refractivity contribution in [3.63, 3.8) is 0 Å². The van der Waals surface area contributed by atoms with E-state index in [1.165, 1.54) is 32.1 Å². The fourth-order valence-corrected chi connectivity index (χ4v) is 3.34. The van der Waals surface area contributed by atoms with Gasteiger partial charge in [0, 0.05) is 37.8 Å². The van der Waals surface area contributed by atoms with Gasteiger partial charge in [0.25, 0.3) is 0 Å². The van der Waals surface area contributed by atoms with Gasteiger partial charge in [0.2, 0.25) is 0 Å². The standard InChI is InChI=1S/C15H26N2O2/c1-2-19-14(18)7-6-11-17-12-10-16-13-15(17)8-4-3-5-9-15/h6-7,16H,2-5,8-13H2,1H3/b7-6+. The van der Waals surface area contributed by atoms with Crippen molar-refractivity contribution in [2.45, 2.75) is 44.6 Å². The second-order valence-electron chi connectivity index (χ2n) is 5.56. The maximum Gasteiger partial charge on any atom is 0.330 e. The lowest BCUT2D eigenvalue weighted by Gasteiger charge is -2.49. The molecule has 0 atom stereocenters. The van der Waals surface area contributed by atoms with Crippen molar-refractivity contribution in [1.29, 1.82) is 0 Å². The molecule has 0 aromatic heterocycles. The monoisotopic (exact) mass is 266 g/mol. The van der Waals surface area contributed by atoms with Crippen molar-refractivity contribution in [3.05, 3.63) is 12.2 Å². The average Bonchev–Trinajstić information content (AvgIpc) is 2.42. The van der Waals surface area contributed by atoms with E-state index in [9.17, 15) is 4.79 Å². The fourth-order valence-electron chi connectivity index (χ4n) is 3.34. The molecule has 108 valence electrons. The van der Waals surface area contributed by atoms with Crippen molar-refractivity contribution in [1.82, 2.24) is 10.2 Å². The first-order valence-electron chi connectivity index (χ1n) is 7.56. The number of carbonyl (C=O) groups excluding carboxylic acids is 1. The third-order valence-electron chi connectivity index (χ3n) is 4.33. The fraction of sp³-hybridized carbons (Fsp3) is 0.800. The van der Waals surface area contributed by atoms with Crippen molar-refractivity contribution in [2.24, 2.45) is 0 Å². The van der Waals surface area contributed by atoms with E-state index >= 15 is 0 Å². The highest BCUT2D eigenvalue weighted by molar-refractivity contribution is 5.81. The zero-order valence-corrected chi connectivity index (χ0v) is 12.0. The van der Waals surface area contributed by atoms with Crippen LogP contribution in [0.1, 0.15) is 39.0 Å². The van der Waals surface area contributed by atoms with E-state index in [1.807, 2.05) is 13.0 Å². The Hall–Kier alpha value is -0.870. The zero-order valence-electron chi connectivity index (χ0n) is 12.0. The lowest BCUT2D eigenvalue weighted by molar-refractivity contribution is -0.137. The molecular formula is C15H26N2O2. The Bertz CT molecular complexity index is 314. The first-order chi connectivity index (χ1) is 9.27. The van der Waals surface area contributed by atoms with Crippen LogP contribution in [0.4, 0.5) is 0 Å². The molecule has 1 aliphatic carbocycles. The first kappa shape index (κ1) is 14.5. The van der Waals surface area contributed by atoms with Gasteiger partial charge >= 0.3 is 5.97 Å². The van der Waals surface area contributed by atoms with E-state index in [2.05, 4.69) is 10.2 Å². The Balaban J connectivity index is 1.90. The second kappa shape index (κ2) is 7.06. The van der Waals surface area contributed by atoms with Gasteiger partial charge in [-0.3, -0.25) is 4.90 Å². The Kier molecular flexibility index (Phi) is 5.40. The van der Waals surface area contributed by atoms with Gasteiger partial charge in [-0.1, -0.05) is 25.3 Å². The highest BCUT2D eigenvalue weighted by atomic mass is 16.5. The number of carbonyl (C=O) groups is 1. The number of piperazine rings is 1. The molecule has 2 rings (SSSR count). The Morgan fingerprint density at radius 3 is 2.89 bits per heavy atom. The lowest BCUT2D eigenvalue weighted by Crippen LogP contribution is -2.61. The van der Waals surface area contributed by atoms with Gasteiger partial charge in [-0.15, -0.1) is 0 Å². The first-order valence-corrected chi connectivity index (χ1v) is 7.56. The Labute approximate surface area is 116 Å². The van der Waals surface area contributed by atoms with Crippen molar-refractivity contribution < 1.29 is 9.53 Å². The molecule has 1 saturated carbocycles. The Morgan fingerprint density at radius 1 is 1.37 bits per heavy atom. The van der Waals surface area contributed by atoms with Gasteiger partial charge in [0.1, 0.15) is 0 Å². The van der Waals surface area contributed by atoms with Gasteiger partial charge < -0.3 is 10.1 Å². The molecule has 1 saturated heterocycles. The highest BCUT2D eigenvalue weighted by Gasteiger charge is 2.38. The van der Waals surface area contributed by atoms with Crippen LogP contribution in [-0.4, -0.2) is 49.2 Å². The van der Waals surface area contributed by atoms with Gasteiger partial charge in [-0.05, 0) is 19.8 Å². The van der Waals surface area contributed by atoms with Crippen molar-refractivity contribution in [3.8, 4) is 0 Å². The van der Waals surface area contributed by atoms with Crippen LogP contribution in [-0.2, 0) is 9.53 Å². The molecule has 4 heteroatoms. The number of esters is 1. The molecule has 2 aliphatic rings. The zero-order chi connectivity index (χ0) is 13.6. The molecule has 1 heterocycles. The number of hydrogen-bond acceptors (Lipinski definition) is 4.